The zero-order valence-electron chi connectivity index (χ0n) is 11.3. The molecular weight excluding hydrogens is 310 g/mol. The van der Waals surface area contributed by atoms with Crippen molar-refractivity contribution in [2.24, 2.45) is 0 Å². The van der Waals surface area contributed by atoms with Crippen LogP contribution in [0.3, 0.4) is 0 Å². The first-order valence-electron chi connectivity index (χ1n) is 6.41. The highest BCUT2D eigenvalue weighted by molar-refractivity contribution is 9.10. The van der Waals surface area contributed by atoms with Crippen molar-refractivity contribution in [1.82, 2.24) is 4.90 Å². The summed E-state index contributed by atoms with van der Waals surface area (Å²) in [5, 5.41) is 10.3. The average Bonchev–Trinajstić information content (AvgIpc) is 2.39. The van der Waals surface area contributed by atoms with Crippen molar-refractivity contribution < 1.29 is 14.6 Å². The van der Waals surface area contributed by atoms with E-state index in [1.165, 1.54) is 0 Å². The third-order valence-corrected chi connectivity index (χ3v) is 4.01. The topological polar surface area (TPSA) is 41.9 Å². The highest BCUT2D eigenvalue weighted by Gasteiger charge is 2.25. The molecular formula is C14H20BrNO3. The van der Waals surface area contributed by atoms with Crippen LogP contribution >= 0.6 is 15.9 Å². The molecule has 0 radical (unpaired) electrons. The summed E-state index contributed by atoms with van der Waals surface area (Å²) in [5.41, 5.74) is 1.07. The molecule has 5 heteroatoms. The Kier molecular flexibility index (Phi) is 5.21. The normalized spacial score (nSPS) is 22.2. The van der Waals surface area contributed by atoms with Gasteiger partial charge in [-0.05, 0) is 40.7 Å². The Morgan fingerprint density at radius 2 is 2.37 bits per heavy atom. The van der Waals surface area contributed by atoms with Gasteiger partial charge in [-0.2, -0.15) is 0 Å². The molecule has 0 saturated carbocycles. The number of methoxy groups -OCH3 is 1. The van der Waals surface area contributed by atoms with Crippen molar-refractivity contribution in [2.75, 3.05) is 33.9 Å². The smallest absolute Gasteiger partial charge is 0.133 e. The van der Waals surface area contributed by atoms with Gasteiger partial charge in [0.15, 0.2) is 0 Å². The molecule has 0 aromatic heterocycles. The van der Waals surface area contributed by atoms with Gasteiger partial charge in [0.1, 0.15) is 5.75 Å². The highest BCUT2D eigenvalue weighted by Crippen LogP contribution is 2.26. The molecule has 0 bridgehead atoms. The number of aliphatic hydroxyl groups is 1. The van der Waals surface area contributed by atoms with Crippen LogP contribution < -0.4 is 4.74 Å². The number of nitrogens with zero attached hydrogens (tertiary/aromatic N) is 1. The molecule has 1 aliphatic rings. The van der Waals surface area contributed by atoms with E-state index in [1.54, 1.807) is 7.11 Å². The lowest BCUT2D eigenvalue weighted by atomic mass is 10.0. The number of halogens is 1. The quantitative estimate of drug-likeness (QED) is 0.912. The van der Waals surface area contributed by atoms with E-state index < -0.39 is 6.10 Å². The van der Waals surface area contributed by atoms with Gasteiger partial charge in [-0.25, -0.2) is 0 Å². The van der Waals surface area contributed by atoms with Crippen LogP contribution in [0.4, 0.5) is 0 Å². The summed E-state index contributed by atoms with van der Waals surface area (Å²) >= 11 is 3.46. The number of hydrogen-bond acceptors (Lipinski definition) is 4. The third-order valence-electron chi connectivity index (χ3n) is 3.39. The molecule has 1 aromatic rings. The monoisotopic (exact) mass is 329 g/mol. The first-order valence-corrected chi connectivity index (χ1v) is 7.20. The molecule has 1 saturated heterocycles. The van der Waals surface area contributed by atoms with E-state index in [9.17, 15) is 5.11 Å². The Labute approximate surface area is 122 Å². The highest BCUT2D eigenvalue weighted by atomic mass is 79.9. The molecule has 19 heavy (non-hydrogen) atoms. The molecule has 2 atom stereocenters. The summed E-state index contributed by atoms with van der Waals surface area (Å²) in [6.07, 6.45) is -0.0103. The minimum Gasteiger partial charge on any atom is -0.496 e. The summed E-state index contributed by atoms with van der Waals surface area (Å²) in [7, 11) is 3.69. The zero-order valence-corrected chi connectivity index (χ0v) is 12.9. The molecule has 1 heterocycles. The Morgan fingerprint density at radius 3 is 3.00 bits per heavy atom. The summed E-state index contributed by atoms with van der Waals surface area (Å²) < 4.78 is 11.7. The molecule has 0 aliphatic carbocycles. The molecule has 1 aromatic carbocycles. The van der Waals surface area contributed by atoms with Crippen molar-refractivity contribution in [3.8, 4) is 5.75 Å². The van der Waals surface area contributed by atoms with Crippen LogP contribution in [0.1, 0.15) is 5.56 Å². The molecule has 2 rings (SSSR count). The molecule has 1 fully saturated rings. The predicted molar refractivity (Wildman–Crippen MR) is 77.6 cm³/mol. The number of morpholine rings is 1. The van der Waals surface area contributed by atoms with Crippen LogP contribution in [-0.2, 0) is 11.2 Å². The Bertz CT molecular complexity index is 427. The largest absolute Gasteiger partial charge is 0.496 e. The molecule has 106 valence electrons. The van der Waals surface area contributed by atoms with E-state index in [4.69, 9.17) is 9.47 Å². The summed E-state index contributed by atoms with van der Waals surface area (Å²) in [6.45, 7) is 2.39. The number of ether oxygens (including phenoxy) is 2. The number of benzene rings is 1. The number of rotatable bonds is 4. The van der Waals surface area contributed by atoms with Crippen molar-refractivity contribution in [2.45, 2.75) is 18.6 Å². The molecule has 0 amide bonds. The van der Waals surface area contributed by atoms with Crippen molar-refractivity contribution in [1.29, 1.82) is 0 Å². The summed E-state index contributed by atoms with van der Waals surface area (Å²) in [5.74, 6) is 0.798. The Morgan fingerprint density at radius 1 is 1.58 bits per heavy atom. The maximum atomic E-state index is 10.3. The van der Waals surface area contributed by atoms with Gasteiger partial charge in [-0.3, -0.25) is 0 Å². The van der Waals surface area contributed by atoms with Gasteiger partial charge >= 0.3 is 0 Å². The minimum atomic E-state index is -0.483. The average molecular weight is 330 g/mol. The van der Waals surface area contributed by atoms with E-state index in [0.717, 1.165) is 28.9 Å². The predicted octanol–water partition coefficient (Wildman–Crippen LogP) is 1.69. The lowest BCUT2D eigenvalue weighted by Crippen LogP contribution is -2.46. The number of hydrogen-bond donors (Lipinski definition) is 1. The molecule has 2 unspecified atom stereocenters. The van der Waals surface area contributed by atoms with Crippen LogP contribution in [0.15, 0.2) is 22.7 Å². The van der Waals surface area contributed by atoms with Gasteiger partial charge in [0.05, 0.1) is 30.4 Å². The zero-order chi connectivity index (χ0) is 13.8. The molecule has 0 spiro atoms. The Hall–Kier alpha value is -0.620. The van der Waals surface area contributed by atoms with Crippen molar-refractivity contribution >= 4 is 15.9 Å². The van der Waals surface area contributed by atoms with Crippen LogP contribution in [0.25, 0.3) is 0 Å². The van der Waals surface area contributed by atoms with Gasteiger partial charge in [-0.1, -0.05) is 6.07 Å². The van der Waals surface area contributed by atoms with Crippen LogP contribution in [-0.4, -0.2) is 56.1 Å². The molecule has 1 N–H and O–H groups in total. The fraction of sp³-hybridized carbons (Fsp3) is 0.571. The molecule has 1 aliphatic heterocycles. The maximum absolute atomic E-state index is 10.3. The van der Waals surface area contributed by atoms with E-state index in [1.807, 2.05) is 25.2 Å². The second-order valence-corrected chi connectivity index (χ2v) is 5.77. The fourth-order valence-electron chi connectivity index (χ4n) is 2.25. The second kappa shape index (κ2) is 6.70. The lowest BCUT2D eigenvalue weighted by Gasteiger charge is -2.33. The van der Waals surface area contributed by atoms with E-state index in [0.29, 0.717) is 13.0 Å². The van der Waals surface area contributed by atoms with Gasteiger partial charge < -0.3 is 19.5 Å². The van der Waals surface area contributed by atoms with Gasteiger partial charge in [0.2, 0.25) is 0 Å². The van der Waals surface area contributed by atoms with Crippen LogP contribution in [0, 0.1) is 0 Å². The van der Waals surface area contributed by atoms with E-state index >= 15 is 0 Å². The fourth-order valence-corrected chi connectivity index (χ4v) is 2.84. The van der Waals surface area contributed by atoms with Crippen molar-refractivity contribution in [3.63, 3.8) is 0 Å². The van der Waals surface area contributed by atoms with E-state index in [-0.39, 0.29) is 6.10 Å². The standard InChI is InChI=1S/C14H20BrNO3/c1-16-5-6-19-14(9-16)12(17)8-10-3-4-13(18-2)11(15)7-10/h3-4,7,12,14,17H,5-6,8-9H2,1-2H3. The Balaban J connectivity index is 1.98. The third kappa shape index (κ3) is 3.92. The molecule has 4 nitrogen and oxygen atoms in total. The second-order valence-electron chi connectivity index (χ2n) is 4.91. The maximum Gasteiger partial charge on any atom is 0.133 e. The van der Waals surface area contributed by atoms with Gasteiger partial charge in [-0.15, -0.1) is 0 Å². The SMILES string of the molecule is COc1ccc(CC(O)C2CN(C)CCO2)cc1Br. The van der Waals surface area contributed by atoms with Crippen LogP contribution in [0.2, 0.25) is 0 Å². The first-order chi connectivity index (χ1) is 9.10. The first kappa shape index (κ1) is 14.8. The minimum absolute atomic E-state index is 0.111. The van der Waals surface area contributed by atoms with E-state index in [2.05, 4.69) is 20.8 Å². The number of aliphatic hydroxyl groups excluding tert-OH is 1. The van der Waals surface area contributed by atoms with Gasteiger partial charge in [0.25, 0.3) is 0 Å². The van der Waals surface area contributed by atoms with Crippen LogP contribution in [0.5, 0.6) is 5.75 Å². The van der Waals surface area contributed by atoms with Crippen molar-refractivity contribution in [3.05, 3.63) is 28.2 Å². The van der Waals surface area contributed by atoms with Gasteiger partial charge in [0, 0.05) is 19.5 Å². The summed E-state index contributed by atoms with van der Waals surface area (Å²) in [4.78, 5) is 2.18. The summed E-state index contributed by atoms with van der Waals surface area (Å²) in [6, 6.07) is 5.86. The lowest BCUT2D eigenvalue weighted by molar-refractivity contribution is -0.0823. The number of likely N-dealkylation sites (N-methyl/N-ethyl adjacent to an activating group) is 1.